The molecule has 8 rings (SSSR count). The maximum Gasteiger partial charge on any atom is 0.165 e. The Morgan fingerprint density at radius 3 is 2.71 bits per heavy atom. The monoisotopic (exact) mass is 448 g/mol. The molecule has 1 saturated heterocycles. The number of hydrogen-bond donors (Lipinski definition) is 2. The first-order chi connectivity index (χ1) is 16.8. The van der Waals surface area contributed by atoms with E-state index in [4.69, 9.17) is 15.1 Å². The number of nitrogens with one attached hydrogen (secondary N) is 2. The van der Waals surface area contributed by atoms with Crippen molar-refractivity contribution in [2.45, 2.75) is 56.5 Å². The van der Waals surface area contributed by atoms with Crippen LogP contribution in [0, 0.1) is 5.41 Å². The second kappa shape index (κ2) is 6.89. The fraction of sp³-hybridized carbons (Fsp3) is 0.393. The molecule has 2 aliphatic heterocycles. The van der Waals surface area contributed by atoms with Gasteiger partial charge in [-0.05, 0) is 44.6 Å². The molecule has 2 aliphatic carbocycles. The van der Waals surface area contributed by atoms with E-state index in [0.29, 0.717) is 17.4 Å². The fourth-order valence-electron chi connectivity index (χ4n) is 7.18. The Hall–Kier alpha value is -3.25. The SMILES string of the molecule is c1ccc(-c2ccc(-c3cnn4c5c(c(C6CC7NC8CCC87C6)nc34)CCCN5)cn2)cc1. The molecule has 2 N–H and O–H groups in total. The van der Waals surface area contributed by atoms with Crippen LogP contribution in [-0.2, 0) is 6.42 Å². The van der Waals surface area contributed by atoms with E-state index in [2.05, 4.69) is 34.9 Å². The first kappa shape index (κ1) is 19.1. The quantitative estimate of drug-likeness (QED) is 0.471. The first-order valence-corrected chi connectivity index (χ1v) is 12.7. The molecule has 1 spiro atoms. The van der Waals surface area contributed by atoms with E-state index in [1.165, 1.54) is 36.9 Å². The molecule has 34 heavy (non-hydrogen) atoms. The average Bonchev–Trinajstić information content (AvgIpc) is 3.48. The van der Waals surface area contributed by atoms with Gasteiger partial charge in [0.25, 0.3) is 0 Å². The molecule has 6 heteroatoms. The summed E-state index contributed by atoms with van der Waals surface area (Å²) < 4.78 is 2.03. The van der Waals surface area contributed by atoms with Crippen LogP contribution in [0.25, 0.3) is 28.0 Å². The molecule has 0 radical (unpaired) electrons. The van der Waals surface area contributed by atoms with Crippen molar-refractivity contribution < 1.29 is 0 Å². The zero-order valence-electron chi connectivity index (χ0n) is 19.2. The molecule has 5 heterocycles. The molecule has 4 aromatic rings. The Morgan fingerprint density at radius 1 is 1.00 bits per heavy atom. The zero-order valence-corrected chi connectivity index (χ0v) is 19.2. The van der Waals surface area contributed by atoms with Crippen LogP contribution >= 0.6 is 0 Å². The van der Waals surface area contributed by atoms with E-state index in [-0.39, 0.29) is 0 Å². The molecule has 2 saturated carbocycles. The summed E-state index contributed by atoms with van der Waals surface area (Å²) in [5.41, 5.74) is 8.46. The van der Waals surface area contributed by atoms with Gasteiger partial charge < -0.3 is 10.6 Å². The lowest BCUT2D eigenvalue weighted by Crippen LogP contribution is -2.73. The summed E-state index contributed by atoms with van der Waals surface area (Å²) in [6, 6.07) is 16.0. The number of aromatic nitrogens is 4. The van der Waals surface area contributed by atoms with Crippen LogP contribution in [0.1, 0.15) is 49.3 Å². The van der Waals surface area contributed by atoms with Gasteiger partial charge >= 0.3 is 0 Å². The largest absolute Gasteiger partial charge is 0.370 e. The maximum atomic E-state index is 5.37. The van der Waals surface area contributed by atoms with Crippen LogP contribution in [-0.4, -0.2) is 38.2 Å². The van der Waals surface area contributed by atoms with Crippen LogP contribution in [0.3, 0.4) is 0 Å². The summed E-state index contributed by atoms with van der Waals surface area (Å²) in [5, 5.41) is 12.3. The van der Waals surface area contributed by atoms with Gasteiger partial charge in [-0.15, -0.1) is 0 Å². The zero-order chi connectivity index (χ0) is 22.3. The van der Waals surface area contributed by atoms with Gasteiger partial charge in [0.1, 0.15) is 5.82 Å². The third kappa shape index (κ3) is 2.52. The number of hydrogen-bond acceptors (Lipinski definition) is 5. The van der Waals surface area contributed by atoms with Crippen LogP contribution < -0.4 is 10.6 Å². The molecule has 6 nitrogen and oxygen atoms in total. The van der Waals surface area contributed by atoms with Gasteiger partial charge in [0.05, 0.1) is 17.6 Å². The summed E-state index contributed by atoms with van der Waals surface area (Å²) in [6.07, 6.45) is 11.4. The van der Waals surface area contributed by atoms with Crippen LogP contribution in [0.5, 0.6) is 0 Å². The molecule has 4 unspecified atom stereocenters. The number of fused-ring (bicyclic) bond motifs is 3. The Morgan fingerprint density at radius 2 is 1.94 bits per heavy atom. The van der Waals surface area contributed by atoms with Crippen LogP contribution in [0.4, 0.5) is 5.82 Å². The Kier molecular flexibility index (Phi) is 3.87. The second-order valence-corrected chi connectivity index (χ2v) is 10.6. The number of piperidine rings is 1. The molecular weight excluding hydrogens is 420 g/mol. The summed E-state index contributed by atoms with van der Waals surface area (Å²) in [6.45, 7) is 0.995. The Bertz CT molecular complexity index is 1410. The first-order valence-electron chi connectivity index (χ1n) is 12.7. The third-order valence-corrected chi connectivity index (χ3v) is 9.04. The Balaban J connectivity index is 1.23. The summed E-state index contributed by atoms with van der Waals surface area (Å²) >= 11 is 0. The minimum Gasteiger partial charge on any atom is -0.370 e. The minimum absolute atomic E-state index is 0.544. The lowest BCUT2D eigenvalue weighted by atomic mass is 9.55. The molecule has 3 fully saturated rings. The highest BCUT2D eigenvalue weighted by atomic mass is 15.3. The highest BCUT2D eigenvalue weighted by Gasteiger charge is 2.64. The molecule has 3 aromatic heterocycles. The van der Waals surface area contributed by atoms with Crippen molar-refractivity contribution >= 4 is 11.5 Å². The smallest absolute Gasteiger partial charge is 0.165 e. The van der Waals surface area contributed by atoms with Crippen molar-refractivity contribution in [1.82, 2.24) is 24.9 Å². The summed E-state index contributed by atoms with van der Waals surface area (Å²) in [4.78, 5) is 10.1. The van der Waals surface area contributed by atoms with Gasteiger partial charge in [-0.25, -0.2) is 4.98 Å². The van der Waals surface area contributed by atoms with E-state index in [1.54, 1.807) is 0 Å². The lowest BCUT2D eigenvalue weighted by molar-refractivity contribution is -0.0567. The van der Waals surface area contributed by atoms with Gasteiger partial charge in [-0.3, -0.25) is 4.98 Å². The Labute approximate surface area is 198 Å². The van der Waals surface area contributed by atoms with Gasteiger partial charge in [-0.1, -0.05) is 36.4 Å². The van der Waals surface area contributed by atoms with E-state index < -0.39 is 0 Å². The van der Waals surface area contributed by atoms with Crippen LogP contribution in [0.15, 0.2) is 54.9 Å². The van der Waals surface area contributed by atoms with E-state index >= 15 is 0 Å². The fourth-order valence-corrected chi connectivity index (χ4v) is 7.18. The molecule has 170 valence electrons. The van der Waals surface area contributed by atoms with E-state index in [0.717, 1.165) is 59.3 Å². The van der Waals surface area contributed by atoms with Crippen molar-refractivity contribution in [2.24, 2.45) is 5.41 Å². The van der Waals surface area contributed by atoms with E-state index in [1.807, 2.05) is 35.1 Å². The second-order valence-electron chi connectivity index (χ2n) is 10.6. The van der Waals surface area contributed by atoms with Gasteiger partial charge in [0, 0.05) is 58.4 Å². The molecule has 4 aliphatic rings. The number of rotatable bonds is 3. The van der Waals surface area contributed by atoms with Gasteiger partial charge in [-0.2, -0.15) is 9.61 Å². The topological polar surface area (TPSA) is 67.1 Å². The minimum atomic E-state index is 0.544. The van der Waals surface area contributed by atoms with E-state index in [9.17, 15) is 0 Å². The molecular formula is C28H28N6. The normalized spacial score (nSPS) is 28.9. The number of anilines is 1. The maximum absolute atomic E-state index is 5.37. The predicted octanol–water partition coefficient (Wildman–Crippen LogP) is 4.81. The average molecular weight is 449 g/mol. The molecule has 0 bridgehead atoms. The van der Waals surface area contributed by atoms with Crippen LogP contribution in [0.2, 0.25) is 0 Å². The molecule has 1 aromatic carbocycles. The van der Waals surface area contributed by atoms with Crippen molar-refractivity contribution in [3.8, 4) is 22.4 Å². The number of nitrogens with zero attached hydrogens (tertiary/aromatic N) is 4. The number of pyridine rings is 1. The summed E-state index contributed by atoms with van der Waals surface area (Å²) in [5.74, 6) is 1.70. The van der Waals surface area contributed by atoms with Crippen molar-refractivity contribution in [3.63, 3.8) is 0 Å². The highest BCUT2D eigenvalue weighted by Crippen LogP contribution is 2.63. The van der Waals surface area contributed by atoms with Crippen molar-refractivity contribution in [2.75, 3.05) is 11.9 Å². The number of benzene rings is 1. The van der Waals surface area contributed by atoms with Crippen molar-refractivity contribution in [1.29, 1.82) is 0 Å². The van der Waals surface area contributed by atoms with Crippen molar-refractivity contribution in [3.05, 3.63) is 66.1 Å². The lowest BCUT2D eigenvalue weighted by Gasteiger charge is -2.62. The highest BCUT2D eigenvalue weighted by molar-refractivity contribution is 5.79. The molecule has 4 atom stereocenters. The third-order valence-electron chi connectivity index (χ3n) is 9.04. The standard InChI is InChI=1S/C28H28N6/c1-2-5-17(6-3-1)22-9-8-18(15-30-22)21-16-31-34-26-20(7-4-12-29-26)25(33-27(21)34)19-13-24-28(14-19)11-10-23(28)32-24/h1-3,5-6,8-9,15-16,19,23-24,29,32H,4,7,10-14H2. The molecule has 0 amide bonds. The summed E-state index contributed by atoms with van der Waals surface area (Å²) in [7, 11) is 0. The predicted molar refractivity (Wildman–Crippen MR) is 133 cm³/mol. The van der Waals surface area contributed by atoms with Gasteiger partial charge in [0.15, 0.2) is 5.65 Å². The van der Waals surface area contributed by atoms with Gasteiger partial charge in [0.2, 0.25) is 0 Å².